The zero-order valence-electron chi connectivity index (χ0n) is 16.6. The van der Waals surface area contributed by atoms with Crippen LogP contribution in [0.4, 0.5) is 0 Å². The molecule has 2 rings (SSSR count). The summed E-state index contributed by atoms with van der Waals surface area (Å²) in [5, 5.41) is 2.94. The number of methoxy groups -OCH3 is 1. The molecule has 1 atom stereocenters. The average Bonchev–Trinajstić information content (AvgIpc) is 2.72. The van der Waals surface area contributed by atoms with Crippen molar-refractivity contribution in [1.82, 2.24) is 5.32 Å². The van der Waals surface area contributed by atoms with Crippen LogP contribution in [-0.2, 0) is 20.7 Å². The summed E-state index contributed by atoms with van der Waals surface area (Å²) >= 11 is 1.65. The zero-order chi connectivity index (χ0) is 20.4. The molecule has 0 aromatic heterocycles. The van der Waals surface area contributed by atoms with Crippen LogP contribution in [0.3, 0.4) is 0 Å². The highest BCUT2D eigenvalue weighted by molar-refractivity contribution is 7.98. The minimum absolute atomic E-state index is 0.0950. The van der Waals surface area contributed by atoms with Crippen LogP contribution >= 0.6 is 11.8 Å². The fraction of sp³-hybridized carbons (Fsp3) is 0.304. The Bertz CT molecular complexity index is 800. The van der Waals surface area contributed by atoms with Crippen molar-refractivity contribution in [3.63, 3.8) is 0 Å². The van der Waals surface area contributed by atoms with Crippen LogP contribution in [0.15, 0.2) is 71.1 Å². The number of rotatable bonds is 9. The van der Waals surface area contributed by atoms with Gasteiger partial charge in [0.1, 0.15) is 0 Å². The van der Waals surface area contributed by atoms with E-state index in [0.717, 1.165) is 28.9 Å². The van der Waals surface area contributed by atoms with Crippen molar-refractivity contribution in [2.24, 2.45) is 0 Å². The molecule has 0 aliphatic carbocycles. The van der Waals surface area contributed by atoms with Gasteiger partial charge in [0.25, 0.3) is 0 Å². The quantitative estimate of drug-likeness (QED) is 0.378. The molecule has 0 aliphatic rings. The number of nitrogens with one attached hydrogen (secondary N) is 1. The van der Waals surface area contributed by atoms with Gasteiger partial charge in [0, 0.05) is 11.0 Å². The standard InChI is InChI=1S/C23H27NO3S/c1-17(9-10-18-7-5-4-6-8-18)15-22(25)24-21(16-23(26)27-2)19-11-13-20(28-3)14-12-19/h4-8,11-15,21H,9-10,16H2,1-3H3,(H,24,25). The van der Waals surface area contributed by atoms with E-state index in [0.29, 0.717) is 0 Å². The average molecular weight is 398 g/mol. The molecule has 0 fully saturated rings. The summed E-state index contributed by atoms with van der Waals surface area (Å²) in [5.41, 5.74) is 3.12. The van der Waals surface area contributed by atoms with Crippen LogP contribution in [0.25, 0.3) is 0 Å². The minimum atomic E-state index is -0.422. The Balaban J connectivity index is 2.02. The van der Waals surface area contributed by atoms with Gasteiger partial charge in [-0.1, -0.05) is 48.0 Å². The molecule has 1 amide bonds. The molecule has 0 spiro atoms. The molecule has 2 aromatic carbocycles. The van der Waals surface area contributed by atoms with Gasteiger partial charge in [-0.3, -0.25) is 9.59 Å². The van der Waals surface area contributed by atoms with Crippen LogP contribution in [0, 0.1) is 0 Å². The topological polar surface area (TPSA) is 55.4 Å². The number of benzene rings is 2. The summed E-state index contributed by atoms with van der Waals surface area (Å²) in [6.45, 7) is 1.95. The third kappa shape index (κ3) is 7.24. The van der Waals surface area contributed by atoms with Crippen LogP contribution in [0.5, 0.6) is 0 Å². The second kappa shape index (κ2) is 11.3. The molecular formula is C23H27NO3S. The maximum Gasteiger partial charge on any atom is 0.307 e. The number of carbonyl (C=O) groups excluding carboxylic acids is 2. The Morgan fingerprint density at radius 3 is 2.39 bits per heavy atom. The number of ether oxygens (including phenoxy) is 1. The van der Waals surface area contributed by atoms with Crippen LogP contribution in [0.2, 0.25) is 0 Å². The van der Waals surface area contributed by atoms with Crippen LogP contribution in [0.1, 0.15) is 36.9 Å². The zero-order valence-corrected chi connectivity index (χ0v) is 17.4. The van der Waals surface area contributed by atoms with Gasteiger partial charge in [-0.2, -0.15) is 0 Å². The van der Waals surface area contributed by atoms with Gasteiger partial charge in [0.15, 0.2) is 0 Å². The number of esters is 1. The minimum Gasteiger partial charge on any atom is -0.469 e. The van der Waals surface area contributed by atoms with Crippen molar-refractivity contribution >= 4 is 23.6 Å². The Hall–Kier alpha value is -2.53. The summed E-state index contributed by atoms with van der Waals surface area (Å²) in [5.74, 6) is -0.558. The molecule has 1 unspecified atom stereocenters. The molecule has 0 bridgehead atoms. The Labute approximate surface area is 171 Å². The second-order valence-corrected chi connectivity index (χ2v) is 7.47. The van der Waals surface area contributed by atoms with E-state index < -0.39 is 6.04 Å². The van der Waals surface area contributed by atoms with Crippen LogP contribution in [-0.4, -0.2) is 25.2 Å². The molecule has 1 N–H and O–H groups in total. The molecule has 0 aliphatic heterocycles. The van der Waals surface area contributed by atoms with Gasteiger partial charge in [-0.15, -0.1) is 11.8 Å². The van der Waals surface area contributed by atoms with Gasteiger partial charge < -0.3 is 10.1 Å². The van der Waals surface area contributed by atoms with E-state index in [4.69, 9.17) is 4.74 Å². The number of allylic oxidation sites excluding steroid dienone is 1. The molecule has 2 aromatic rings. The summed E-state index contributed by atoms with van der Waals surface area (Å²) < 4.78 is 4.79. The highest BCUT2D eigenvalue weighted by Gasteiger charge is 2.18. The SMILES string of the molecule is COC(=O)CC(NC(=O)C=C(C)CCc1ccccc1)c1ccc(SC)cc1. The first kappa shape index (κ1) is 21.8. The van der Waals surface area contributed by atoms with Crippen LogP contribution < -0.4 is 5.32 Å². The van der Waals surface area contributed by atoms with E-state index >= 15 is 0 Å². The first-order chi connectivity index (χ1) is 13.5. The van der Waals surface area contributed by atoms with E-state index in [9.17, 15) is 9.59 Å². The van der Waals surface area contributed by atoms with Gasteiger partial charge in [0.2, 0.25) is 5.91 Å². The molecule has 148 valence electrons. The summed E-state index contributed by atoms with van der Waals surface area (Å²) in [7, 11) is 1.35. The number of thioether (sulfide) groups is 1. The number of hydrogen-bond acceptors (Lipinski definition) is 4. The number of aryl methyl sites for hydroxylation is 1. The molecule has 0 radical (unpaired) electrons. The summed E-state index contributed by atoms with van der Waals surface area (Å²) in [6, 6.07) is 17.6. The predicted octanol–water partition coefficient (Wildman–Crippen LogP) is 4.71. The lowest BCUT2D eigenvalue weighted by Gasteiger charge is -2.18. The highest BCUT2D eigenvalue weighted by Crippen LogP contribution is 2.22. The van der Waals surface area contributed by atoms with Gasteiger partial charge in [-0.05, 0) is 49.3 Å². The van der Waals surface area contributed by atoms with Gasteiger partial charge >= 0.3 is 5.97 Å². The van der Waals surface area contributed by atoms with E-state index in [1.807, 2.05) is 55.6 Å². The fourth-order valence-corrected chi connectivity index (χ4v) is 3.24. The smallest absolute Gasteiger partial charge is 0.307 e. The highest BCUT2D eigenvalue weighted by atomic mass is 32.2. The summed E-state index contributed by atoms with van der Waals surface area (Å²) in [4.78, 5) is 25.4. The maximum absolute atomic E-state index is 12.5. The van der Waals surface area contributed by atoms with Gasteiger partial charge in [0.05, 0.1) is 19.6 Å². The number of amides is 1. The van der Waals surface area contributed by atoms with Crippen molar-refractivity contribution in [2.45, 2.75) is 37.1 Å². The second-order valence-electron chi connectivity index (χ2n) is 6.59. The van der Waals surface area contributed by atoms with E-state index in [2.05, 4.69) is 17.4 Å². The van der Waals surface area contributed by atoms with Crippen molar-refractivity contribution in [3.05, 3.63) is 77.4 Å². The Kier molecular flexibility index (Phi) is 8.82. The molecule has 4 nitrogen and oxygen atoms in total. The first-order valence-electron chi connectivity index (χ1n) is 9.24. The molecular weight excluding hydrogens is 370 g/mol. The largest absolute Gasteiger partial charge is 0.469 e. The summed E-state index contributed by atoms with van der Waals surface area (Å²) in [6.07, 6.45) is 5.41. The fourth-order valence-electron chi connectivity index (χ4n) is 2.83. The molecule has 0 saturated carbocycles. The lowest BCUT2D eigenvalue weighted by Crippen LogP contribution is -2.29. The van der Waals surface area contributed by atoms with Gasteiger partial charge in [-0.25, -0.2) is 0 Å². The number of hydrogen-bond donors (Lipinski definition) is 1. The molecule has 5 heteroatoms. The molecule has 0 saturated heterocycles. The van der Waals surface area contributed by atoms with E-state index in [1.165, 1.54) is 12.7 Å². The van der Waals surface area contributed by atoms with Crippen molar-refractivity contribution < 1.29 is 14.3 Å². The van der Waals surface area contributed by atoms with Crippen molar-refractivity contribution in [1.29, 1.82) is 0 Å². The number of carbonyl (C=O) groups is 2. The first-order valence-corrected chi connectivity index (χ1v) is 10.5. The van der Waals surface area contributed by atoms with Crippen molar-refractivity contribution in [2.75, 3.05) is 13.4 Å². The lowest BCUT2D eigenvalue weighted by molar-refractivity contribution is -0.141. The Morgan fingerprint density at radius 2 is 1.79 bits per heavy atom. The van der Waals surface area contributed by atoms with E-state index in [-0.39, 0.29) is 18.3 Å². The van der Waals surface area contributed by atoms with Crippen molar-refractivity contribution in [3.8, 4) is 0 Å². The maximum atomic E-state index is 12.5. The molecule has 0 heterocycles. The molecule has 28 heavy (non-hydrogen) atoms. The third-order valence-corrected chi connectivity index (χ3v) is 5.21. The Morgan fingerprint density at radius 1 is 1.11 bits per heavy atom. The monoisotopic (exact) mass is 397 g/mol. The van der Waals surface area contributed by atoms with E-state index in [1.54, 1.807) is 17.8 Å². The lowest BCUT2D eigenvalue weighted by atomic mass is 10.0. The normalized spacial score (nSPS) is 12.3. The predicted molar refractivity (Wildman–Crippen MR) is 114 cm³/mol. The third-order valence-electron chi connectivity index (χ3n) is 4.46.